The predicted octanol–water partition coefficient (Wildman–Crippen LogP) is 6.02. The van der Waals surface area contributed by atoms with Crippen LogP contribution in [-0.4, -0.2) is 43.1 Å². The maximum atomic E-state index is 5.08. The van der Waals surface area contributed by atoms with Crippen molar-refractivity contribution >= 4 is 22.3 Å². The molecule has 2 N–H and O–H groups in total. The maximum Gasteiger partial charge on any atom is 0.140 e. The van der Waals surface area contributed by atoms with Crippen molar-refractivity contribution in [3.8, 4) is 33.9 Å². The molecule has 32 heavy (non-hydrogen) atoms. The monoisotopic (exact) mass is 421 g/mol. The van der Waals surface area contributed by atoms with E-state index in [0.29, 0.717) is 0 Å². The van der Waals surface area contributed by atoms with Crippen molar-refractivity contribution in [1.82, 2.24) is 15.0 Å². The standard InChI is InChI=1S/C27H27N5/c1-31(2)20-13-9-18(10-14-20)25-26(19-11-15-21(16-12-19)32(3)4)30-27(29-25)23-17-28-24-8-6-5-7-22(23)24/h5-17,28H,1-4H3,(H,29,30). The normalized spacial score (nSPS) is 11.1. The smallest absolute Gasteiger partial charge is 0.140 e. The van der Waals surface area contributed by atoms with Crippen molar-refractivity contribution < 1.29 is 0 Å². The number of anilines is 2. The van der Waals surface area contributed by atoms with Crippen molar-refractivity contribution in [1.29, 1.82) is 0 Å². The molecule has 0 aliphatic rings. The molecule has 0 spiro atoms. The molecule has 2 heterocycles. The quantitative estimate of drug-likeness (QED) is 0.365. The third-order valence-corrected chi connectivity index (χ3v) is 5.88. The fraction of sp³-hybridized carbons (Fsp3) is 0.148. The second kappa shape index (κ2) is 7.93. The van der Waals surface area contributed by atoms with Crippen LogP contribution >= 0.6 is 0 Å². The third-order valence-electron chi connectivity index (χ3n) is 5.88. The molecule has 5 heteroatoms. The Morgan fingerprint density at radius 3 is 1.91 bits per heavy atom. The number of benzene rings is 3. The van der Waals surface area contributed by atoms with Crippen LogP contribution in [0.2, 0.25) is 0 Å². The van der Waals surface area contributed by atoms with E-state index in [1.54, 1.807) is 0 Å². The molecule has 5 nitrogen and oxygen atoms in total. The molecular formula is C27H27N5. The summed E-state index contributed by atoms with van der Waals surface area (Å²) in [4.78, 5) is 16.3. The molecule has 0 saturated carbocycles. The Hall–Kier alpha value is -3.99. The molecule has 0 saturated heterocycles. The minimum absolute atomic E-state index is 0.862. The van der Waals surface area contributed by atoms with E-state index < -0.39 is 0 Å². The van der Waals surface area contributed by atoms with Gasteiger partial charge in [-0.25, -0.2) is 4.98 Å². The van der Waals surface area contributed by atoms with Gasteiger partial charge >= 0.3 is 0 Å². The van der Waals surface area contributed by atoms with Crippen molar-refractivity contribution in [2.24, 2.45) is 0 Å². The highest BCUT2D eigenvalue weighted by Gasteiger charge is 2.17. The van der Waals surface area contributed by atoms with E-state index in [2.05, 4.69) is 115 Å². The summed E-state index contributed by atoms with van der Waals surface area (Å²) in [5.74, 6) is 0.862. The van der Waals surface area contributed by atoms with Crippen LogP contribution < -0.4 is 9.80 Å². The van der Waals surface area contributed by atoms with Crippen molar-refractivity contribution in [3.05, 3.63) is 79.0 Å². The number of hydrogen-bond donors (Lipinski definition) is 2. The third kappa shape index (κ3) is 3.52. The molecule has 3 aromatic carbocycles. The summed E-state index contributed by atoms with van der Waals surface area (Å²) in [5, 5.41) is 1.16. The molecule has 0 unspecified atom stereocenters. The van der Waals surface area contributed by atoms with Gasteiger partial charge in [0.15, 0.2) is 0 Å². The first kappa shape index (κ1) is 19.9. The summed E-state index contributed by atoms with van der Waals surface area (Å²) >= 11 is 0. The highest BCUT2D eigenvalue weighted by atomic mass is 15.1. The zero-order valence-electron chi connectivity index (χ0n) is 18.8. The lowest BCUT2D eigenvalue weighted by Crippen LogP contribution is -2.08. The Bertz CT molecular complexity index is 1290. The number of nitrogens with one attached hydrogen (secondary N) is 2. The SMILES string of the molecule is CN(C)c1ccc(-c2nc(-c3c[nH]c4ccccc34)[nH]c2-c2ccc(N(C)C)cc2)cc1. The molecule has 160 valence electrons. The largest absolute Gasteiger partial charge is 0.378 e. The van der Waals surface area contributed by atoms with Gasteiger partial charge in [0.2, 0.25) is 0 Å². The molecular weight excluding hydrogens is 394 g/mol. The van der Waals surface area contributed by atoms with Gasteiger partial charge in [0.1, 0.15) is 5.82 Å². The van der Waals surface area contributed by atoms with E-state index in [9.17, 15) is 0 Å². The first-order valence-corrected chi connectivity index (χ1v) is 10.7. The highest BCUT2D eigenvalue weighted by molar-refractivity contribution is 5.95. The van der Waals surface area contributed by atoms with E-state index in [0.717, 1.165) is 50.5 Å². The number of hydrogen-bond acceptors (Lipinski definition) is 3. The molecule has 0 bridgehead atoms. The van der Waals surface area contributed by atoms with Crippen LogP contribution in [0.15, 0.2) is 79.0 Å². The van der Waals surface area contributed by atoms with E-state index >= 15 is 0 Å². The summed E-state index contributed by atoms with van der Waals surface area (Å²) in [6.45, 7) is 0. The van der Waals surface area contributed by atoms with E-state index in [1.165, 1.54) is 5.69 Å². The van der Waals surface area contributed by atoms with Gasteiger partial charge < -0.3 is 19.8 Å². The van der Waals surface area contributed by atoms with Crippen molar-refractivity contribution in [2.75, 3.05) is 38.0 Å². The summed E-state index contributed by atoms with van der Waals surface area (Å²) in [6, 6.07) is 25.4. The van der Waals surface area contributed by atoms with Gasteiger partial charge in [-0.1, -0.05) is 42.5 Å². The van der Waals surface area contributed by atoms with Crippen molar-refractivity contribution in [2.45, 2.75) is 0 Å². The number of para-hydroxylation sites is 1. The zero-order valence-corrected chi connectivity index (χ0v) is 18.8. The molecule has 0 fully saturated rings. The summed E-state index contributed by atoms with van der Waals surface area (Å²) in [7, 11) is 8.21. The lowest BCUT2D eigenvalue weighted by atomic mass is 10.0. The number of H-pyrrole nitrogens is 2. The summed E-state index contributed by atoms with van der Waals surface area (Å²) in [6.07, 6.45) is 2.03. The lowest BCUT2D eigenvalue weighted by molar-refractivity contribution is 1.13. The van der Waals surface area contributed by atoms with E-state index in [1.807, 2.05) is 12.3 Å². The second-order valence-electron chi connectivity index (χ2n) is 8.44. The Kier molecular flexibility index (Phi) is 4.94. The van der Waals surface area contributed by atoms with Gasteiger partial charge in [-0.3, -0.25) is 0 Å². The van der Waals surface area contributed by atoms with E-state index in [4.69, 9.17) is 4.98 Å². The number of aromatic amines is 2. The topological polar surface area (TPSA) is 51.0 Å². The zero-order chi connectivity index (χ0) is 22.2. The van der Waals surface area contributed by atoms with Crippen LogP contribution in [0.3, 0.4) is 0 Å². The Balaban J connectivity index is 1.66. The van der Waals surface area contributed by atoms with Gasteiger partial charge in [0, 0.05) is 73.4 Å². The van der Waals surface area contributed by atoms with Crippen molar-refractivity contribution in [3.63, 3.8) is 0 Å². The highest BCUT2D eigenvalue weighted by Crippen LogP contribution is 2.36. The number of rotatable bonds is 5. The Morgan fingerprint density at radius 1 is 0.688 bits per heavy atom. The number of fused-ring (bicyclic) bond motifs is 1. The van der Waals surface area contributed by atoms with Crippen LogP contribution in [0.1, 0.15) is 0 Å². The predicted molar refractivity (Wildman–Crippen MR) is 135 cm³/mol. The fourth-order valence-corrected chi connectivity index (χ4v) is 4.03. The van der Waals surface area contributed by atoms with Gasteiger partial charge in [-0.15, -0.1) is 0 Å². The van der Waals surface area contributed by atoms with Gasteiger partial charge in [0.25, 0.3) is 0 Å². The minimum Gasteiger partial charge on any atom is -0.378 e. The molecule has 0 amide bonds. The second-order valence-corrected chi connectivity index (χ2v) is 8.44. The van der Waals surface area contributed by atoms with Gasteiger partial charge in [-0.05, 0) is 30.3 Å². The summed E-state index contributed by atoms with van der Waals surface area (Å²) < 4.78 is 0. The average molecular weight is 422 g/mol. The fourth-order valence-electron chi connectivity index (χ4n) is 4.03. The molecule has 2 aromatic heterocycles. The van der Waals surface area contributed by atoms with Crippen LogP contribution in [-0.2, 0) is 0 Å². The number of imidazole rings is 1. The van der Waals surface area contributed by atoms with Crippen LogP contribution in [0.5, 0.6) is 0 Å². The maximum absolute atomic E-state index is 5.08. The first-order valence-electron chi connectivity index (χ1n) is 10.7. The van der Waals surface area contributed by atoms with Crippen LogP contribution in [0, 0.1) is 0 Å². The van der Waals surface area contributed by atoms with Crippen LogP contribution in [0.25, 0.3) is 44.8 Å². The van der Waals surface area contributed by atoms with E-state index in [-0.39, 0.29) is 0 Å². The molecule has 5 rings (SSSR count). The summed E-state index contributed by atoms with van der Waals surface area (Å²) in [5.41, 5.74) is 8.68. The molecule has 5 aromatic rings. The van der Waals surface area contributed by atoms with Gasteiger partial charge in [0.05, 0.1) is 11.4 Å². The average Bonchev–Trinajstić information content (AvgIpc) is 3.44. The number of aromatic nitrogens is 3. The Morgan fingerprint density at radius 2 is 1.28 bits per heavy atom. The lowest BCUT2D eigenvalue weighted by Gasteiger charge is -2.13. The molecule has 0 radical (unpaired) electrons. The minimum atomic E-state index is 0.862. The molecule has 0 aliphatic carbocycles. The molecule has 0 aliphatic heterocycles. The molecule has 0 atom stereocenters. The Labute approximate surface area is 188 Å². The first-order chi connectivity index (χ1) is 15.5. The van der Waals surface area contributed by atoms with Gasteiger partial charge in [-0.2, -0.15) is 0 Å². The van der Waals surface area contributed by atoms with Crippen LogP contribution in [0.4, 0.5) is 11.4 Å². The number of nitrogens with zero attached hydrogens (tertiary/aromatic N) is 3.